The van der Waals surface area contributed by atoms with Crippen LogP contribution in [0.3, 0.4) is 0 Å². The summed E-state index contributed by atoms with van der Waals surface area (Å²) in [5.41, 5.74) is 0.596. The smallest absolute Gasteiger partial charge is 0.274 e. The Kier molecular flexibility index (Phi) is 5.89. The number of hydrogen-bond acceptors (Lipinski definition) is 3. The van der Waals surface area contributed by atoms with E-state index in [0.717, 1.165) is 35.4 Å². The van der Waals surface area contributed by atoms with Crippen LogP contribution in [0.15, 0.2) is 48.5 Å². The molecule has 0 aliphatic carbocycles. The molecule has 1 fully saturated rings. The van der Waals surface area contributed by atoms with Crippen molar-refractivity contribution in [1.29, 1.82) is 0 Å². The van der Waals surface area contributed by atoms with Gasteiger partial charge in [0, 0.05) is 11.1 Å². The van der Waals surface area contributed by atoms with Crippen molar-refractivity contribution in [2.24, 2.45) is 0 Å². The fourth-order valence-electron chi connectivity index (χ4n) is 3.17. The summed E-state index contributed by atoms with van der Waals surface area (Å²) < 4.78 is 58.7. The van der Waals surface area contributed by atoms with Gasteiger partial charge in [-0.1, -0.05) is 59.7 Å². The summed E-state index contributed by atoms with van der Waals surface area (Å²) in [7, 11) is 0. The van der Waals surface area contributed by atoms with Gasteiger partial charge in [-0.3, -0.25) is 19.4 Å². The summed E-state index contributed by atoms with van der Waals surface area (Å²) in [5, 5.41) is 0. The van der Waals surface area contributed by atoms with E-state index in [4.69, 9.17) is 0 Å². The average molecular weight is 436 g/mol. The highest BCUT2D eigenvalue weighted by Crippen LogP contribution is 2.33. The van der Waals surface area contributed by atoms with Crippen LogP contribution in [0.4, 0.5) is 22.4 Å². The number of imide groups is 2. The molecule has 1 aliphatic heterocycles. The lowest BCUT2D eigenvalue weighted by Crippen LogP contribution is -2.59. The number of barbiturate groups is 1. The minimum atomic E-state index is -3.62. The average Bonchev–Trinajstić information content (AvgIpc) is 2.69. The fraction of sp³-hybridized carbons (Fsp3) is 0.318. The molecule has 0 saturated carbocycles. The van der Waals surface area contributed by atoms with Crippen LogP contribution < -0.4 is 0 Å². The van der Waals surface area contributed by atoms with Crippen molar-refractivity contribution in [2.75, 3.05) is 13.1 Å². The standard InChI is InChI=1S/C22H20F4N2O3/c1-14-3-7-16(8-4-14)21(23,24)12-27-18(29)11-19(30)28(20(27)31)13-22(25,26)17-9-5-15(2)6-10-17/h3-10H,11-13H2,1-2H3. The lowest BCUT2D eigenvalue weighted by molar-refractivity contribution is -0.149. The van der Waals surface area contributed by atoms with Crippen LogP contribution in [-0.4, -0.2) is 40.7 Å². The maximum absolute atomic E-state index is 14.7. The Morgan fingerprint density at radius 1 is 0.677 bits per heavy atom. The molecule has 1 saturated heterocycles. The van der Waals surface area contributed by atoms with Crippen LogP contribution in [-0.2, 0) is 21.4 Å². The minimum Gasteiger partial charge on any atom is -0.274 e. The van der Waals surface area contributed by atoms with E-state index in [1.165, 1.54) is 24.3 Å². The lowest BCUT2D eigenvalue weighted by Gasteiger charge is -2.36. The fourth-order valence-corrected chi connectivity index (χ4v) is 3.17. The number of aryl methyl sites for hydroxylation is 2. The number of halogens is 4. The zero-order valence-electron chi connectivity index (χ0n) is 16.9. The highest BCUT2D eigenvalue weighted by atomic mass is 19.3. The largest absolute Gasteiger partial charge is 0.333 e. The van der Waals surface area contributed by atoms with Crippen molar-refractivity contribution in [3.8, 4) is 0 Å². The summed E-state index contributed by atoms with van der Waals surface area (Å²) >= 11 is 0. The van der Waals surface area contributed by atoms with Crippen molar-refractivity contribution in [3.05, 3.63) is 70.8 Å². The van der Waals surface area contributed by atoms with Gasteiger partial charge in [0.25, 0.3) is 11.8 Å². The molecular weight excluding hydrogens is 416 g/mol. The third kappa shape index (κ3) is 4.76. The SMILES string of the molecule is Cc1ccc(C(F)(F)CN2C(=O)CC(=O)N(CC(F)(F)c3ccc(C)cc3)C2=O)cc1. The van der Waals surface area contributed by atoms with Gasteiger partial charge in [-0.05, 0) is 13.8 Å². The van der Waals surface area contributed by atoms with Gasteiger partial charge in [-0.2, -0.15) is 17.6 Å². The van der Waals surface area contributed by atoms with E-state index >= 15 is 0 Å². The number of rotatable bonds is 6. The molecule has 0 radical (unpaired) electrons. The molecule has 5 nitrogen and oxygen atoms in total. The molecule has 2 aromatic rings. The number of urea groups is 1. The predicted molar refractivity (Wildman–Crippen MR) is 104 cm³/mol. The molecule has 3 rings (SSSR count). The topological polar surface area (TPSA) is 57.7 Å². The lowest BCUT2D eigenvalue weighted by atomic mass is 10.0. The Bertz CT molecular complexity index is 925. The summed E-state index contributed by atoms with van der Waals surface area (Å²) in [5.74, 6) is -9.55. The molecule has 1 aliphatic rings. The second-order valence-electron chi connectivity index (χ2n) is 7.56. The first-order valence-electron chi connectivity index (χ1n) is 9.45. The van der Waals surface area contributed by atoms with Gasteiger partial charge in [-0.15, -0.1) is 0 Å². The second-order valence-corrected chi connectivity index (χ2v) is 7.56. The van der Waals surface area contributed by atoms with Crippen molar-refractivity contribution in [1.82, 2.24) is 9.80 Å². The number of hydrogen-bond donors (Lipinski definition) is 0. The number of carbonyl (C=O) groups is 3. The maximum atomic E-state index is 14.7. The number of carbonyl (C=O) groups excluding carboxylic acids is 3. The molecule has 0 bridgehead atoms. The van der Waals surface area contributed by atoms with E-state index in [2.05, 4.69) is 0 Å². The van der Waals surface area contributed by atoms with E-state index in [9.17, 15) is 31.9 Å². The van der Waals surface area contributed by atoms with E-state index in [1.54, 1.807) is 13.8 Å². The molecule has 1 heterocycles. The van der Waals surface area contributed by atoms with E-state index < -0.39 is 60.3 Å². The van der Waals surface area contributed by atoms with Crippen molar-refractivity contribution in [3.63, 3.8) is 0 Å². The van der Waals surface area contributed by atoms with Crippen LogP contribution >= 0.6 is 0 Å². The monoisotopic (exact) mass is 436 g/mol. The molecule has 31 heavy (non-hydrogen) atoms. The first-order valence-corrected chi connectivity index (χ1v) is 9.45. The van der Waals surface area contributed by atoms with Gasteiger partial charge in [0.2, 0.25) is 11.8 Å². The van der Waals surface area contributed by atoms with Crippen LogP contribution in [0.5, 0.6) is 0 Å². The van der Waals surface area contributed by atoms with Crippen LogP contribution in [0.1, 0.15) is 28.7 Å². The van der Waals surface area contributed by atoms with Crippen molar-refractivity contribution >= 4 is 17.8 Å². The van der Waals surface area contributed by atoms with Crippen molar-refractivity contribution in [2.45, 2.75) is 32.1 Å². The van der Waals surface area contributed by atoms with E-state index in [-0.39, 0.29) is 9.80 Å². The molecule has 0 unspecified atom stereocenters. The van der Waals surface area contributed by atoms with Gasteiger partial charge in [0.15, 0.2) is 0 Å². The third-order valence-corrected chi connectivity index (χ3v) is 5.03. The minimum absolute atomic E-state index is 0.159. The molecular formula is C22H20F4N2O3. The Morgan fingerprint density at radius 3 is 1.32 bits per heavy atom. The first-order chi connectivity index (χ1) is 14.4. The number of nitrogens with zero attached hydrogens (tertiary/aromatic N) is 2. The second kappa shape index (κ2) is 8.13. The Labute approximate surface area is 176 Å². The van der Waals surface area contributed by atoms with E-state index in [0.29, 0.717) is 0 Å². The molecule has 164 valence electrons. The molecule has 2 aromatic carbocycles. The molecule has 0 atom stereocenters. The number of alkyl halides is 4. The molecule has 0 N–H and O–H groups in total. The Balaban J connectivity index is 1.82. The highest BCUT2D eigenvalue weighted by molar-refractivity contribution is 6.14. The first kappa shape index (κ1) is 22.5. The summed E-state index contributed by atoms with van der Waals surface area (Å²) in [4.78, 5) is 37.2. The normalized spacial score (nSPS) is 15.6. The highest BCUT2D eigenvalue weighted by Gasteiger charge is 2.47. The van der Waals surface area contributed by atoms with E-state index in [1.807, 2.05) is 0 Å². The third-order valence-electron chi connectivity index (χ3n) is 5.03. The molecule has 9 heteroatoms. The van der Waals surface area contributed by atoms with Crippen LogP contribution in [0.25, 0.3) is 0 Å². The summed E-state index contributed by atoms with van der Waals surface area (Å²) in [6, 6.07) is 8.92. The predicted octanol–water partition coefficient (Wildman–Crippen LogP) is 4.37. The quantitative estimate of drug-likeness (QED) is 0.499. The summed E-state index contributed by atoms with van der Waals surface area (Å²) in [6.07, 6.45) is -0.945. The van der Waals surface area contributed by atoms with Gasteiger partial charge in [-0.25, -0.2) is 4.79 Å². The maximum Gasteiger partial charge on any atom is 0.333 e. The zero-order chi connectivity index (χ0) is 23.0. The molecule has 4 amide bonds. The van der Waals surface area contributed by atoms with Crippen LogP contribution in [0, 0.1) is 13.8 Å². The van der Waals surface area contributed by atoms with Gasteiger partial charge < -0.3 is 0 Å². The zero-order valence-corrected chi connectivity index (χ0v) is 16.9. The Hall–Kier alpha value is -3.23. The van der Waals surface area contributed by atoms with Gasteiger partial charge >= 0.3 is 6.03 Å². The van der Waals surface area contributed by atoms with Gasteiger partial charge in [0.1, 0.15) is 6.42 Å². The van der Waals surface area contributed by atoms with Crippen LogP contribution in [0.2, 0.25) is 0 Å². The Morgan fingerprint density at radius 2 is 1.00 bits per heavy atom. The number of amides is 4. The molecule has 0 spiro atoms. The van der Waals surface area contributed by atoms with Gasteiger partial charge in [0.05, 0.1) is 13.1 Å². The summed E-state index contributed by atoms with van der Waals surface area (Å²) in [6.45, 7) is 0.704. The number of benzene rings is 2. The van der Waals surface area contributed by atoms with Crippen molar-refractivity contribution < 1.29 is 31.9 Å². The molecule has 0 aromatic heterocycles.